The van der Waals surface area contributed by atoms with Crippen molar-refractivity contribution in [3.8, 4) is 17.0 Å². The topological polar surface area (TPSA) is 81.4 Å². The number of thiazole rings is 1. The molecule has 1 N–H and O–H groups in total. The minimum absolute atomic E-state index is 0.187. The SMILES string of the molecule is COc1ccc(-c2nc(NC(=O)/C=C/c3coc4ccccc4c3=O)sc2C)cc1C. The summed E-state index contributed by atoms with van der Waals surface area (Å²) in [5, 5.41) is 3.72. The number of fused-ring (bicyclic) bond motifs is 1. The number of hydrogen-bond acceptors (Lipinski definition) is 6. The molecule has 2 aromatic heterocycles. The second kappa shape index (κ2) is 8.57. The number of nitrogens with zero attached hydrogens (tertiary/aromatic N) is 1. The molecule has 0 saturated heterocycles. The van der Waals surface area contributed by atoms with E-state index >= 15 is 0 Å². The van der Waals surface area contributed by atoms with E-state index in [-0.39, 0.29) is 11.3 Å². The van der Waals surface area contributed by atoms with Gasteiger partial charge < -0.3 is 9.15 Å². The average molecular weight is 433 g/mol. The number of amides is 1. The summed E-state index contributed by atoms with van der Waals surface area (Å²) in [7, 11) is 1.64. The van der Waals surface area contributed by atoms with Crippen molar-refractivity contribution in [3.63, 3.8) is 0 Å². The van der Waals surface area contributed by atoms with Crippen molar-refractivity contribution in [2.75, 3.05) is 12.4 Å². The Morgan fingerprint density at radius 2 is 2.00 bits per heavy atom. The molecule has 0 atom stereocenters. The van der Waals surface area contributed by atoms with Gasteiger partial charge in [-0.2, -0.15) is 0 Å². The van der Waals surface area contributed by atoms with E-state index in [2.05, 4.69) is 10.3 Å². The minimum atomic E-state index is -0.376. The summed E-state index contributed by atoms with van der Waals surface area (Å²) >= 11 is 1.39. The summed E-state index contributed by atoms with van der Waals surface area (Å²) in [5.41, 5.74) is 3.40. The van der Waals surface area contributed by atoms with Crippen LogP contribution >= 0.6 is 11.3 Å². The summed E-state index contributed by atoms with van der Waals surface area (Å²) in [6.45, 7) is 3.93. The number of hydrogen-bond donors (Lipinski definition) is 1. The third-order valence-corrected chi connectivity index (χ3v) is 5.70. The zero-order chi connectivity index (χ0) is 22.0. The van der Waals surface area contributed by atoms with Crippen molar-refractivity contribution < 1.29 is 13.9 Å². The molecule has 0 aliphatic rings. The molecule has 0 spiro atoms. The standard InChI is InChI=1S/C24H20N2O4S/c1-14-12-16(8-10-19(14)29-3)22-15(2)31-24(26-22)25-21(27)11-9-17-13-30-20-7-5-4-6-18(20)23(17)28/h4-13H,1-3H3,(H,25,26,27)/b11-9+. The monoisotopic (exact) mass is 432 g/mol. The average Bonchev–Trinajstić information content (AvgIpc) is 3.13. The van der Waals surface area contributed by atoms with Crippen molar-refractivity contribution in [3.05, 3.63) is 81.0 Å². The maximum absolute atomic E-state index is 12.5. The maximum atomic E-state index is 12.5. The molecule has 2 aromatic carbocycles. The zero-order valence-corrected chi connectivity index (χ0v) is 18.1. The van der Waals surface area contributed by atoms with Gasteiger partial charge in [-0.1, -0.05) is 12.1 Å². The molecule has 156 valence electrons. The van der Waals surface area contributed by atoms with Gasteiger partial charge in [-0.3, -0.25) is 14.9 Å². The van der Waals surface area contributed by atoms with Crippen molar-refractivity contribution in [2.45, 2.75) is 13.8 Å². The van der Waals surface area contributed by atoms with Gasteiger partial charge in [-0.05, 0) is 55.8 Å². The van der Waals surface area contributed by atoms with Gasteiger partial charge in [0.15, 0.2) is 10.6 Å². The number of carbonyl (C=O) groups is 1. The number of aryl methyl sites for hydroxylation is 2. The van der Waals surface area contributed by atoms with Crippen LogP contribution in [0.1, 0.15) is 16.0 Å². The molecule has 0 radical (unpaired) electrons. The third kappa shape index (κ3) is 4.27. The highest BCUT2D eigenvalue weighted by Gasteiger charge is 2.13. The van der Waals surface area contributed by atoms with Gasteiger partial charge in [0.05, 0.1) is 23.8 Å². The summed E-state index contributed by atoms with van der Waals surface area (Å²) in [5.74, 6) is 0.437. The Labute approximate surface area is 182 Å². The maximum Gasteiger partial charge on any atom is 0.250 e. The quantitative estimate of drug-likeness (QED) is 0.439. The van der Waals surface area contributed by atoms with Gasteiger partial charge in [0.1, 0.15) is 17.6 Å². The van der Waals surface area contributed by atoms with Crippen LogP contribution in [0.3, 0.4) is 0 Å². The molecule has 4 rings (SSSR count). The van der Waals surface area contributed by atoms with E-state index in [0.29, 0.717) is 21.7 Å². The fourth-order valence-electron chi connectivity index (χ4n) is 3.26. The first-order valence-electron chi connectivity index (χ1n) is 9.58. The summed E-state index contributed by atoms with van der Waals surface area (Å²) in [4.78, 5) is 30.4. The number of rotatable bonds is 5. The Kier molecular flexibility index (Phi) is 5.68. The molecule has 7 heteroatoms. The predicted molar refractivity (Wildman–Crippen MR) is 124 cm³/mol. The lowest BCUT2D eigenvalue weighted by Crippen LogP contribution is -2.09. The van der Waals surface area contributed by atoms with Crippen LogP contribution in [0.4, 0.5) is 5.13 Å². The molecule has 0 saturated carbocycles. The molecule has 2 heterocycles. The molecule has 0 unspecified atom stereocenters. The normalized spacial score (nSPS) is 11.2. The lowest BCUT2D eigenvalue weighted by atomic mass is 10.1. The molecule has 1 amide bonds. The molecule has 31 heavy (non-hydrogen) atoms. The van der Waals surface area contributed by atoms with E-state index in [1.807, 2.05) is 32.0 Å². The van der Waals surface area contributed by atoms with E-state index in [1.165, 1.54) is 29.8 Å². The molecular formula is C24H20N2O4S. The summed E-state index contributed by atoms with van der Waals surface area (Å²) in [6, 6.07) is 12.8. The first kappa shape index (κ1) is 20.6. The van der Waals surface area contributed by atoms with Crippen LogP contribution in [0.25, 0.3) is 28.3 Å². The summed E-state index contributed by atoms with van der Waals surface area (Å²) < 4.78 is 10.8. The first-order chi connectivity index (χ1) is 15.0. The first-order valence-corrected chi connectivity index (χ1v) is 10.4. The number of nitrogens with one attached hydrogen (secondary N) is 1. The van der Waals surface area contributed by atoms with Crippen molar-refractivity contribution in [1.29, 1.82) is 0 Å². The smallest absolute Gasteiger partial charge is 0.250 e. The number of benzene rings is 2. The lowest BCUT2D eigenvalue weighted by molar-refractivity contribution is -0.111. The van der Waals surface area contributed by atoms with Crippen LogP contribution in [0.5, 0.6) is 5.75 Å². The second-order valence-corrected chi connectivity index (χ2v) is 8.15. The van der Waals surface area contributed by atoms with Crippen LogP contribution in [-0.4, -0.2) is 18.0 Å². The van der Waals surface area contributed by atoms with Crippen LogP contribution < -0.4 is 15.5 Å². The van der Waals surface area contributed by atoms with E-state index in [0.717, 1.165) is 27.4 Å². The lowest BCUT2D eigenvalue weighted by Gasteiger charge is -2.06. The fourth-order valence-corrected chi connectivity index (χ4v) is 4.10. The fraction of sp³-hybridized carbons (Fsp3) is 0.125. The van der Waals surface area contributed by atoms with Crippen molar-refractivity contribution in [2.24, 2.45) is 0 Å². The van der Waals surface area contributed by atoms with Gasteiger partial charge >= 0.3 is 0 Å². The van der Waals surface area contributed by atoms with E-state index in [9.17, 15) is 9.59 Å². The Morgan fingerprint density at radius 1 is 1.19 bits per heavy atom. The van der Waals surface area contributed by atoms with Crippen LogP contribution in [0.15, 0.2) is 64.0 Å². The Hall–Kier alpha value is -3.71. The zero-order valence-electron chi connectivity index (χ0n) is 17.3. The molecule has 0 fully saturated rings. The van der Waals surface area contributed by atoms with Crippen LogP contribution in [0, 0.1) is 13.8 Å². The molecule has 0 aliphatic carbocycles. The number of anilines is 1. The van der Waals surface area contributed by atoms with Crippen LogP contribution in [0.2, 0.25) is 0 Å². The van der Waals surface area contributed by atoms with Gasteiger partial charge in [0.25, 0.3) is 0 Å². The Balaban J connectivity index is 1.52. The molecule has 0 aliphatic heterocycles. The highest BCUT2D eigenvalue weighted by molar-refractivity contribution is 7.16. The second-order valence-electron chi connectivity index (χ2n) is 6.95. The summed E-state index contributed by atoms with van der Waals surface area (Å²) in [6.07, 6.45) is 4.10. The number of ether oxygens (including phenoxy) is 1. The highest BCUT2D eigenvalue weighted by Crippen LogP contribution is 2.32. The number of aromatic nitrogens is 1. The Bertz CT molecular complexity index is 1370. The van der Waals surface area contributed by atoms with E-state index in [4.69, 9.17) is 9.15 Å². The van der Waals surface area contributed by atoms with Gasteiger partial charge in [-0.15, -0.1) is 11.3 Å². The third-order valence-electron chi connectivity index (χ3n) is 4.82. The highest BCUT2D eigenvalue weighted by atomic mass is 32.1. The Morgan fingerprint density at radius 3 is 2.77 bits per heavy atom. The number of methoxy groups -OCH3 is 1. The van der Waals surface area contributed by atoms with Gasteiger partial charge in [-0.25, -0.2) is 4.98 Å². The molecule has 4 aromatic rings. The van der Waals surface area contributed by atoms with Gasteiger partial charge in [0, 0.05) is 16.5 Å². The van der Waals surface area contributed by atoms with Crippen molar-refractivity contribution in [1.82, 2.24) is 4.98 Å². The number of carbonyl (C=O) groups excluding carboxylic acids is 1. The van der Waals surface area contributed by atoms with Crippen LogP contribution in [-0.2, 0) is 4.79 Å². The van der Waals surface area contributed by atoms with E-state index < -0.39 is 0 Å². The minimum Gasteiger partial charge on any atom is -0.496 e. The predicted octanol–water partition coefficient (Wildman–Crippen LogP) is 5.19. The van der Waals surface area contributed by atoms with Crippen molar-refractivity contribution >= 4 is 39.4 Å². The van der Waals surface area contributed by atoms with Gasteiger partial charge in [0.2, 0.25) is 5.91 Å². The molecular weight excluding hydrogens is 412 g/mol. The number of para-hydroxylation sites is 1. The molecule has 0 bridgehead atoms. The molecule has 6 nitrogen and oxygen atoms in total. The van der Waals surface area contributed by atoms with E-state index in [1.54, 1.807) is 31.4 Å². The largest absolute Gasteiger partial charge is 0.496 e.